The average molecular weight is 684 g/mol. The van der Waals surface area contributed by atoms with Crippen LogP contribution in [0.15, 0.2) is 6.07 Å². The van der Waals surface area contributed by atoms with Crippen LogP contribution >= 0.6 is 11.8 Å². The van der Waals surface area contributed by atoms with Crippen molar-refractivity contribution in [1.29, 1.82) is 0 Å². The van der Waals surface area contributed by atoms with Gasteiger partial charge in [-0.2, -0.15) is 0 Å². The molecular formula is C34H41N3O10S. The van der Waals surface area contributed by atoms with Crippen molar-refractivity contribution in [3.8, 4) is 28.7 Å². The van der Waals surface area contributed by atoms with Gasteiger partial charge in [-0.05, 0) is 44.9 Å². The van der Waals surface area contributed by atoms with E-state index >= 15 is 0 Å². The number of phenolic OH excluding ortho intramolecular Hbond substituents is 1. The van der Waals surface area contributed by atoms with Crippen LogP contribution in [-0.4, -0.2) is 95.5 Å². The van der Waals surface area contributed by atoms with Gasteiger partial charge in [0.1, 0.15) is 24.6 Å². The molecule has 2 aromatic rings. The van der Waals surface area contributed by atoms with Crippen LogP contribution < -0.4 is 24.3 Å². The molecule has 0 aliphatic carbocycles. The minimum Gasteiger partial charge on any atom is -0.504 e. The Morgan fingerprint density at radius 1 is 1.12 bits per heavy atom. The molecule has 1 unspecified atom stereocenters. The number of ether oxygens (including phenoxy) is 5. The molecule has 0 saturated carbocycles. The zero-order valence-corrected chi connectivity index (χ0v) is 28.6. The zero-order chi connectivity index (χ0) is 34.2. The van der Waals surface area contributed by atoms with Crippen molar-refractivity contribution in [3.63, 3.8) is 0 Å². The Labute approximate surface area is 282 Å². The normalized spacial score (nSPS) is 28.9. The number of benzene rings is 2. The molecule has 3 N–H and O–H groups in total. The molecule has 1 amide bonds. The van der Waals surface area contributed by atoms with E-state index in [-0.39, 0.29) is 43.3 Å². The van der Waals surface area contributed by atoms with Gasteiger partial charge in [0.05, 0.1) is 30.5 Å². The first-order valence-corrected chi connectivity index (χ1v) is 17.3. The predicted molar refractivity (Wildman–Crippen MR) is 173 cm³/mol. The number of amides is 1. The van der Waals surface area contributed by atoms with Crippen LogP contribution in [0.3, 0.4) is 0 Å². The van der Waals surface area contributed by atoms with Crippen LogP contribution in [0.4, 0.5) is 0 Å². The van der Waals surface area contributed by atoms with Gasteiger partial charge < -0.3 is 39.2 Å². The lowest BCUT2D eigenvalue weighted by Crippen LogP contribution is -2.69. The van der Waals surface area contributed by atoms with Gasteiger partial charge in [-0.3, -0.25) is 19.4 Å². The number of aliphatic hydroxyl groups excluding tert-OH is 1. The molecule has 6 aliphatic rings. The van der Waals surface area contributed by atoms with Gasteiger partial charge >= 0.3 is 11.9 Å². The molecule has 13 nitrogen and oxygen atoms in total. The molecule has 7 atom stereocenters. The van der Waals surface area contributed by atoms with Gasteiger partial charge in [0, 0.05) is 47.4 Å². The van der Waals surface area contributed by atoms with Crippen LogP contribution in [0.25, 0.3) is 0 Å². The number of nitrogens with zero attached hydrogens (tertiary/aromatic N) is 2. The van der Waals surface area contributed by atoms with Crippen molar-refractivity contribution < 1.29 is 48.3 Å². The Morgan fingerprint density at radius 2 is 1.88 bits per heavy atom. The van der Waals surface area contributed by atoms with Crippen LogP contribution in [0, 0.1) is 13.8 Å². The van der Waals surface area contributed by atoms with Crippen molar-refractivity contribution in [2.45, 2.75) is 88.6 Å². The van der Waals surface area contributed by atoms with E-state index in [1.807, 2.05) is 38.8 Å². The lowest BCUT2D eigenvalue weighted by molar-refractivity contribution is -0.184. The number of esters is 2. The van der Waals surface area contributed by atoms with E-state index in [0.717, 1.165) is 11.1 Å². The molecule has 0 radical (unpaired) electrons. The molecule has 0 aromatic heterocycles. The molecule has 6 heterocycles. The van der Waals surface area contributed by atoms with E-state index in [0.29, 0.717) is 58.1 Å². The molecule has 258 valence electrons. The van der Waals surface area contributed by atoms with Crippen molar-refractivity contribution >= 4 is 29.6 Å². The maximum atomic E-state index is 13.5. The van der Waals surface area contributed by atoms with Crippen molar-refractivity contribution in [2.75, 3.05) is 33.3 Å². The largest absolute Gasteiger partial charge is 0.504 e. The molecule has 2 saturated heterocycles. The van der Waals surface area contributed by atoms with Gasteiger partial charge in [-0.25, -0.2) is 4.79 Å². The minimum absolute atomic E-state index is 0.0375. The monoisotopic (exact) mass is 683 g/mol. The average Bonchev–Trinajstić information content (AvgIpc) is 3.53. The second-order valence-electron chi connectivity index (χ2n) is 13.1. The Morgan fingerprint density at radius 3 is 2.58 bits per heavy atom. The fourth-order valence-corrected chi connectivity index (χ4v) is 9.88. The van der Waals surface area contributed by atoms with E-state index in [4.69, 9.17) is 23.7 Å². The summed E-state index contributed by atoms with van der Waals surface area (Å²) < 4.78 is 29.6. The number of hydrogen-bond acceptors (Lipinski definition) is 13. The minimum atomic E-state index is -1.02. The van der Waals surface area contributed by atoms with E-state index in [2.05, 4.69) is 10.2 Å². The molecule has 0 spiro atoms. The number of carbonyl (C=O) groups excluding carboxylic acids is 3. The van der Waals surface area contributed by atoms with Gasteiger partial charge in [-0.1, -0.05) is 13.0 Å². The number of likely N-dealkylation sites (N-methyl/N-ethyl adjacent to an activating group) is 1. The number of aryl methyl sites for hydroxylation is 1. The second-order valence-corrected chi connectivity index (χ2v) is 14.3. The van der Waals surface area contributed by atoms with E-state index < -0.39 is 47.6 Å². The van der Waals surface area contributed by atoms with Crippen molar-refractivity contribution in [1.82, 2.24) is 15.1 Å². The topological polar surface area (TPSA) is 156 Å². The number of phenols is 1. The van der Waals surface area contributed by atoms with E-state index in [1.165, 1.54) is 25.8 Å². The van der Waals surface area contributed by atoms with Crippen LogP contribution in [0.5, 0.6) is 28.7 Å². The summed E-state index contributed by atoms with van der Waals surface area (Å²) in [6.45, 7) is 6.67. The third kappa shape index (κ3) is 4.90. The third-order valence-corrected chi connectivity index (χ3v) is 11.7. The summed E-state index contributed by atoms with van der Waals surface area (Å²) in [5.74, 6) is 0.395. The summed E-state index contributed by atoms with van der Waals surface area (Å²) in [6.07, 6.45) is 0.312. The van der Waals surface area contributed by atoms with Crippen molar-refractivity contribution in [3.05, 3.63) is 39.4 Å². The Kier molecular flexibility index (Phi) is 8.41. The molecule has 14 heteroatoms. The summed E-state index contributed by atoms with van der Waals surface area (Å²) >= 11 is 1.40. The highest BCUT2D eigenvalue weighted by Crippen LogP contribution is 2.63. The molecule has 6 aliphatic heterocycles. The van der Waals surface area contributed by atoms with Gasteiger partial charge in [-0.15, -0.1) is 11.8 Å². The fraction of sp³-hybridized carbons (Fsp3) is 0.559. The quantitative estimate of drug-likeness (QED) is 0.313. The molecule has 8 rings (SSSR count). The SMILES string of the molecule is CCCC(=O)N[C@@H]1CS[C@H]2c3c(OC(C)=O)c(C)c4c(c3[C@H](COC1=O)N1[C@@H]2[C@@H]2c3c(cc(C)c(OC)c3O)CC([C@@H]1O)N2C)OCO4. The molecule has 48 heavy (non-hydrogen) atoms. The summed E-state index contributed by atoms with van der Waals surface area (Å²) in [6, 6.07) is -1.07. The highest BCUT2D eigenvalue weighted by Gasteiger charge is 2.60. The Hall–Kier alpha value is -3.72. The number of carbonyl (C=O) groups is 3. The predicted octanol–water partition coefficient (Wildman–Crippen LogP) is 2.94. The number of nitrogens with one attached hydrogen (secondary N) is 1. The third-order valence-electron chi connectivity index (χ3n) is 10.3. The van der Waals surface area contributed by atoms with Gasteiger partial charge in [0.15, 0.2) is 23.0 Å². The number of fused-ring (bicyclic) bond motifs is 10. The molecule has 2 aromatic carbocycles. The first-order valence-electron chi connectivity index (χ1n) is 16.3. The van der Waals surface area contributed by atoms with Gasteiger partial charge in [0.2, 0.25) is 12.7 Å². The zero-order valence-electron chi connectivity index (χ0n) is 27.8. The summed E-state index contributed by atoms with van der Waals surface area (Å²) in [5, 5.41) is 26.4. The number of hydrogen-bond donors (Lipinski definition) is 3. The van der Waals surface area contributed by atoms with Crippen LogP contribution in [-0.2, 0) is 25.5 Å². The maximum Gasteiger partial charge on any atom is 0.329 e. The summed E-state index contributed by atoms with van der Waals surface area (Å²) in [7, 11) is 3.46. The summed E-state index contributed by atoms with van der Waals surface area (Å²) in [4.78, 5) is 43.0. The second kappa shape index (κ2) is 12.3. The first kappa shape index (κ1) is 32.8. The summed E-state index contributed by atoms with van der Waals surface area (Å²) in [5.41, 5.74) is 4.26. The first-order chi connectivity index (χ1) is 23.0. The number of piperazine rings is 1. The Bertz CT molecular complexity index is 1700. The molecule has 4 bridgehead atoms. The van der Waals surface area contributed by atoms with Crippen LogP contribution in [0.2, 0.25) is 0 Å². The highest BCUT2D eigenvalue weighted by molar-refractivity contribution is 7.99. The van der Waals surface area contributed by atoms with E-state index in [1.54, 1.807) is 0 Å². The Balaban J connectivity index is 1.49. The number of aliphatic hydroxyl groups is 1. The molecular weight excluding hydrogens is 642 g/mol. The number of aromatic hydroxyl groups is 1. The standard InChI is InChI=1S/C34H41N3O10S/c1-7-8-21(39)35-18-12-48-32-24-23(31-30(45-13-46-31)15(3)29(24)47-16(4)38)20(11-44-34(18)42)37-26(32)25-22-17(10-19(33(37)41)36(25)5)9-14(2)28(43-6)27(22)40/h9,18-20,25-26,32-33,40-41H,7-8,10-13H2,1-6H3,(H,35,39)/t18-,19?,20+,25+,26-,32+,33+/m1/s1. The van der Waals surface area contributed by atoms with Crippen LogP contribution in [0.1, 0.15) is 77.4 Å². The molecule has 2 fully saturated rings. The fourth-order valence-electron chi connectivity index (χ4n) is 8.37. The number of methoxy groups -OCH3 is 1. The highest BCUT2D eigenvalue weighted by atomic mass is 32.2. The number of thioether (sulfide) groups is 1. The smallest absolute Gasteiger partial charge is 0.329 e. The number of rotatable bonds is 5. The maximum absolute atomic E-state index is 13.5. The van der Waals surface area contributed by atoms with E-state index in [9.17, 15) is 24.6 Å². The van der Waals surface area contributed by atoms with Gasteiger partial charge in [0.25, 0.3) is 0 Å². The van der Waals surface area contributed by atoms with Crippen molar-refractivity contribution in [2.24, 2.45) is 0 Å². The lowest BCUT2D eigenvalue weighted by atomic mass is 9.73. The lowest BCUT2D eigenvalue weighted by Gasteiger charge is -2.62.